The number of nitrogens with one attached hydrogen (secondary N) is 1. The Morgan fingerprint density at radius 3 is 3.09 bits per heavy atom. The zero-order chi connectivity index (χ0) is 15.8. The molecule has 1 fully saturated rings. The highest BCUT2D eigenvalue weighted by Crippen LogP contribution is 2.17. The van der Waals surface area contributed by atoms with Crippen molar-refractivity contribution in [3.63, 3.8) is 0 Å². The summed E-state index contributed by atoms with van der Waals surface area (Å²) < 4.78 is 7.15. The molecule has 2 rings (SSSR count). The molecular formula is C15H25N5O2. The molecule has 0 bridgehead atoms. The van der Waals surface area contributed by atoms with Gasteiger partial charge < -0.3 is 19.5 Å². The molecule has 22 heavy (non-hydrogen) atoms. The van der Waals surface area contributed by atoms with Gasteiger partial charge in [-0.1, -0.05) is 0 Å². The van der Waals surface area contributed by atoms with Crippen molar-refractivity contribution in [1.29, 1.82) is 0 Å². The molecule has 1 atom stereocenters. The monoisotopic (exact) mass is 307 g/mol. The van der Waals surface area contributed by atoms with Gasteiger partial charge in [-0.05, 0) is 19.8 Å². The van der Waals surface area contributed by atoms with E-state index in [1.165, 1.54) is 0 Å². The number of aliphatic imine (C=N–C) groups is 1. The van der Waals surface area contributed by atoms with E-state index in [0.29, 0.717) is 13.2 Å². The van der Waals surface area contributed by atoms with Gasteiger partial charge in [0, 0.05) is 45.6 Å². The molecule has 7 heteroatoms. The van der Waals surface area contributed by atoms with Gasteiger partial charge in [-0.15, -0.1) is 0 Å². The molecule has 0 amide bonds. The van der Waals surface area contributed by atoms with Crippen molar-refractivity contribution in [2.75, 3.05) is 33.3 Å². The number of carbonyl (C=O) groups excluding carboxylic acids is 1. The van der Waals surface area contributed by atoms with Crippen molar-refractivity contribution >= 4 is 11.9 Å². The number of imidazole rings is 1. The van der Waals surface area contributed by atoms with E-state index in [2.05, 4.69) is 20.2 Å². The molecule has 1 aromatic rings. The Balaban J connectivity index is 1.83. The van der Waals surface area contributed by atoms with Crippen LogP contribution in [0.3, 0.4) is 0 Å². The molecule has 7 nitrogen and oxygen atoms in total. The van der Waals surface area contributed by atoms with Crippen molar-refractivity contribution in [3.8, 4) is 0 Å². The van der Waals surface area contributed by atoms with Crippen LogP contribution in [0.2, 0.25) is 0 Å². The van der Waals surface area contributed by atoms with E-state index in [1.54, 1.807) is 19.6 Å². The zero-order valence-corrected chi connectivity index (χ0v) is 13.4. The van der Waals surface area contributed by atoms with Crippen LogP contribution in [0.25, 0.3) is 0 Å². The maximum Gasteiger partial charge on any atom is 0.310 e. The SMILES string of the molecule is CCOC(=O)C1CCCN(C(=NC)NCCn2ccnc2)C1. The topological polar surface area (TPSA) is 71.8 Å². The number of nitrogens with zero attached hydrogens (tertiary/aromatic N) is 4. The molecular weight excluding hydrogens is 282 g/mol. The maximum absolute atomic E-state index is 11.9. The lowest BCUT2D eigenvalue weighted by Gasteiger charge is -2.33. The molecule has 1 N–H and O–H groups in total. The van der Waals surface area contributed by atoms with Gasteiger partial charge >= 0.3 is 5.97 Å². The van der Waals surface area contributed by atoms with Crippen LogP contribution in [-0.2, 0) is 16.1 Å². The summed E-state index contributed by atoms with van der Waals surface area (Å²) in [5.41, 5.74) is 0. The third kappa shape index (κ3) is 4.47. The summed E-state index contributed by atoms with van der Waals surface area (Å²) in [7, 11) is 1.77. The lowest BCUT2D eigenvalue weighted by atomic mass is 9.98. The molecule has 0 radical (unpaired) electrons. The highest BCUT2D eigenvalue weighted by atomic mass is 16.5. The average Bonchev–Trinajstić information content (AvgIpc) is 3.05. The number of likely N-dealkylation sites (tertiary alicyclic amines) is 1. The van der Waals surface area contributed by atoms with Gasteiger partial charge in [-0.25, -0.2) is 4.98 Å². The number of aromatic nitrogens is 2. The number of piperidine rings is 1. The summed E-state index contributed by atoms with van der Waals surface area (Å²) in [6.07, 6.45) is 7.36. The van der Waals surface area contributed by atoms with Crippen LogP contribution in [0.5, 0.6) is 0 Å². The van der Waals surface area contributed by atoms with Crippen LogP contribution >= 0.6 is 0 Å². The van der Waals surface area contributed by atoms with E-state index >= 15 is 0 Å². The summed E-state index contributed by atoms with van der Waals surface area (Å²) in [6.45, 7) is 5.46. The number of carbonyl (C=O) groups is 1. The number of ether oxygens (including phenoxy) is 1. The van der Waals surface area contributed by atoms with Crippen LogP contribution in [0.4, 0.5) is 0 Å². The summed E-state index contributed by atoms with van der Waals surface area (Å²) in [6, 6.07) is 0. The summed E-state index contributed by atoms with van der Waals surface area (Å²) in [5, 5.41) is 3.34. The number of guanidine groups is 1. The number of hydrogen-bond acceptors (Lipinski definition) is 4. The first-order chi connectivity index (χ1) is 10.7. The van der Waals surface area contributed by atoms with Crippen LogP contribution in [-0.4, -0.2) is 59.7 Å². The number of rotatable bonds is 5. The fourth-order valence-corrected chi connectivity index (χ4v) is 2.67. The average molecular weight is 307 g/mol. The van der Waals surface area contributed by atoms with Crippen molar-refractivity contribution < 1.29 is 9.53 Å². The molecule has 2 heterocycles. The van der Waals surface area contributed by atoms with Crippen molar-refractivity contribution in [2.24, 2.45) is 10.9 Å². The van der Waals surface area contributed by atoms with Crippen molar-refractivity contribution in [2.45, 2.75) is 26.3 Å². The van der Waals surface area contributed by atoms with E-state index in [1.807, 2.05) is 17.7 Å². The van der Waals surface area contributed by atoms with Gasteiger partial charge in [-0.2, -0.15) is 0 Å². The Kier molecular flexibility index (Phi) is 6.24. The Morgan fingerprint density at radius 1 is 1.55 bits per heavy atom. The third-order valence-electron chi connectivity index (χ3n) is 3.76. The maximum atomic E-state index is 11.9. The van der Waals surface area contributed by atoms with E-state index in [0.717, 1.165) is 38.4 Å². The van der Waals surface area contributed by atoms with Gasteiger partial charge in [-0.3, -0.25) is 9.79 Å². The molecule has 0 aliphatic carbocycles. The first-order valence-electron chi connectivity index (χ1n) is 7.82. The molecule has 0 aromatic carbocycles. The molecule has 1 aliphatic heterocycles. The largest absolute Gasteiger partial charge is 0.466 e. The predicted octanol–water partition coefficient (Wildman–Crippen LogP) is 0.734. The second-order valence-corrected chi connectivity index (χ2v) is 5.31. The molecule has 1 aliphatic rings. The summed E-state index contributed by atoms with van der Waals surface area (Å²) in [5.74, 6) is 0.691. The zero-order valence-electron chi connectivity index (χ0n) is 13.4. The fourth-order valence-electron chi connectivity index (χ4n) is 2.67. The highest BCUT2D eigenvalue weighted by molar-refractivity contribution is 5.81. The first-order valence-corrected chi connectivity index (χ1v) is 7.82. The van der Waals surface area contributed by atoms with Crippen LogP contribution < -0.4 is 5.32 Å². The Morgan fingerprint density at radius 2 is 2.41 bits per heavy atom. The second-order valence-electron chi connectivity index (χ2n) is 5.31. The first kappa shape index (κ1) is 16.3. The molecule has 1 saturated heterocycles. The lowest BCUT2D eigenvalue weighted by molar-refractivity contribution is -0.149. The van der Waals surface area contributed by atoms with E-state index in [-0.39, 0.29) is 11.9 Å². The smallest absolute Gasteiger partial charge is 0.310 e. The fraction of sp³-hybridized carbons (Fsp3) is 0.667. The standard InChI is InChI=1S/C15H25N5O2/c1-3-22-14(21)13-5-4-8-20(11-13)15(16-2)18-7-10-19-9-6-17-12-19/h6,9,12-13H,3-5,7-8,10-11H2,1-2H3,(H,16,18). The third-order valence-corrected chi connectivity index (χ3v) is 3.76. The number of esters is 1. The summed E-state index contributed by atoms with van der Waals surface area (Å²) in [4.78, 5) is 22.4. The minimum atomic E-state index is -0.0962. The van der Waals surface area contributed by atoms with Crippen LogP contribution in [0.1, 0.15) is 19.8 Å². The molecule has 1 aromatic heterocycles. The minimum Gasteiger partial charge on any atom is -0.466 e. The van der Waals surface area contributed by atoms with Gasteiger partial charge in [0.15, 0.2) is 5.96 Å². The van der Waals surface area contributed by atoms with Crippen LogP contribution in [0.15, 0.2) is 23.7 Å². The molecule has 0 saturated carbocycles. The summed E-state index contributed by atoms with van der Waals surface area (Å²) >= 11 is 0. The Bertz CT molecular complexity index is 486. The molecule has 122 valence electrons. The van der Waals surface area contributed by atoms with E-state index in [4.69, 9.17) is 4.74 Å². The van der Waals surface area contributed by atoms with Gasteiger partial charge in [0.05, 0.1) is 18.9 Å². The van der Waals surface area contributed by atoms with Crippen molar-refractivity contribution in [3.05, 3.63) is 18.7 Å². The lowest BCUT2D eigenvalue weighted by Crippen LogP contribution is -2.48. The van der Waals surface area contributed by atoms with Crippen LogP contribution in [0, 0.1) is 5.92 Å². The quantitative estimate of drug-likeness (QED) is 0.493. The molecule has 1 unspecified atom stereocenters. The van der Waals surface area contributed by atoms with Gasteiger partial charge in [0.1, 0.15) is 0 Å². The Hall–Kier alpha value is -2.05. The second kappa shape index (κ2) is 8.41. The number of hydrogen-bond donors (Lipinski definition) is 1. The normalized spacial score (nSPS) is 19.1. The highest BCUT2D eigenvalue weighted by Gasteiger charge is 2.28. The molecule has 0 spiro atoms. The predicted molar refractivity (Wildman–Crippen MR) is 84.5 cm³/mol. The van der Waals surface area contributed by atoms with Crippen molar-refractivity contribution in [1.82, 2.24) is 19.8 Å². The van der Waals surface area contributed by atoms with Gasteiger partial charge in [0.2, 0.25) is 0 Å². The van der Waals surface area contributed by atoms with E-state index < -0.39 is 0 Å². The van der Waals surface area contributed by atoms with Gasteiger partial charge in [0.25, 0.3) is 0 Å². The Labute approximate surface area is 131 Å². The minimum absolute atomic E-state index is 0.0547. The van der Waals surface area contributed by atoms with E-state index in [9.17, 15) is 4.79 Å².